The van der Waals surface area contributed by atoms with Gasteiger partial charge in [-0.1, -0.05) is 50.6 Å². The number of allylic oxidation sites excluding steroid dienone is 4. The summed E-state index contributed by atoms with van der Waals surface area (Å²) in [6, 6.07) is 0. The Morgan fingerprint density at radius 1 is 1.25 bits per heavy atom. The first-order valence-electron chi connectivity index (χ1n) is 4.66. The predicted molar refractivity (Wildman–Crippen MR) is 57.2 cm³/mol. The summed E-state index contributed by atoms with van der Waals surface area (Å²) in [5.41, 5.74) is 3.74. The first-order valence-corrected chi connectivity index (χ1v) is 4.66. The van der Waals surface area contributed by atoms with Gasteiger partial charge in [0, 0.05) is 0 Å². The molecule has 0 aromatic rings. The summed E-state index contributed by atoms with van der Waals surface area (Å²) < 4.78 is 0. The summed E-state index contributed by atoms with van der Waals surface area (Å²) in [4.78, 5) is 0. The first kappa shape index (κ1) is 11.2. The highest BCUT2D eigenvalue weighted by molar-refractivity contribution is 5.33. The molecule has 0 bridgehead atoms. The van der Waals surface area contributed by atoms with Crippen LogP contribution in [0.25, 0.3) is 0 Å². The molecule has 0 saturated heterocycles. The van der Waals surface area contributed by atoms with Crippen molar-refractivity contribution in [3.05, 3.63) is 36.0 Å². The highest BCUT2D eigenvalue weighted by Crippen LogP contribution is 2.18. The molecule has 0 saturated carbocycles. The second-order valence-electron chi connectivity index (χ2n) is 3.22. The minimum absolute atomic E-state index is 1.04. The normalized spacial score (nSPS) is 11.4. The third-order valence-electron chi connectivity index (χ3n) is 1.82. The van der Waals surface area contributed by atoms with Crippen LogP contribution in [0, 0.1) is 0 Å². The molecule has 0 atom stereocenters. The topological polar surface area (TPSA) is 0 Å². The Kier molecular flexibility index (Phi) is 5.44. The molecule has 0 radical (unpaired) electrons. The number of rotatable bonds is 5. The molecular weight excluding hydrogens is 144 g/mol. The first-order chi connectivity index (χ1) is 5.61. The third-order valence-corrected chi connectivity index (χ3v) is 1.82. The van der Waals surface area contributed by atoms with Crippen LogP contribution in [0.3, 0.4) is 0 Å². The van der Waals surface area contributed by atoms with Crippen LogP contribution in [0.1, 0.15) is 40.0 Å². The van der Waals surface area contributed by atoms with Crippen molar-refractivity contribution in [3.8, 4) is 0 Å². The maximum absolute atomic E-state index is 4.04. The van der Waals surface area contributed by atoms with Gasteiger partial charge in [0.1, 0.15) is 0 Å². The van der Waals surface area contributed by atoms with Gasteiger partial charge in [0.15, 0.2) is 0 Å². The number of hydrogen-bond acceptors (Lipinski definition) is 0. The SMILES string of the molecule is C=C(C)/C=C(/CCC)C(=C)CC. The molecule has 12 heavy (non-hydrogen) atoms. The molecule has 0 aliphatic heterocycles. The lowest BCUT2D eigenvalue weighted by atomic mass is 9.99. The maximum atomic E-state index is 4.04. The van der Waals surface area contributed by atoms with Crippen LogP contribution in [0.5, 0.6) is 0 Å². The van der Waals surface area contributed by atoms with E-state index in [9.17, 15) is 0 Å². The lowest BCUT2D eigenvalue weighted by molar-refractivity contribution is 0.894. The maximum Gasteiger partial charge on any atom is -0.0279 e. The summed E-state index contributed by atoms with van der Waals surface area (Å²) in [6.07, 6.45) is 5.49. The van der Waals surface area contributed by atoms with E-state index in [1.165, 1.54) is 17.6 Å². The van der Waals surface area contributed by atoms with E-state index in [1.54, 1.807) is 0 Å². The zero-order valence-corrected chi connectivity index (χ0v) is 8.61. The minimum atomic E-state index is 1.04. The van der Waals surface area contributed by atoms with Gasteiger partial charge in [0.05, 0.1) is 0 Å². The summed E-state index contributed by atoms with van der Waals surface area (Å²) in [5, 5.41) is 0. The third kappa shape index (κ3) is 4.17. The molecule has 68 valence electrons. The Balaban J connectivity index is 4.42. The van der Waals surface area contributed by atoms with Gasteiger partial charge >= 0.3 is 0 Å². The minimum Gasteiger partial charge on any atom is -0.0961 e. The lowest BCUT2D eigenvalue weighted by Crippen LogP contribution is -1.87. The summed E-state index contributed by atoms with van der Waals surface area (Å²) >= 11 is 0. The standard InChI is InChI=1S/C12H20/c1-6-8-12(9-10(3)4)11(5)7-2/h9H,3,5-8H2,1-2,4H3/b12-9-. The molecule has 0 aliphatic rings. The van der Waals surface area contributed by atoms with Gasteiger partial charge in [0.2, 0.25) is 0 Å². The summed E-state index contributed by atoms with van der Waals surface area (Å²) in [5.74, 6) is 0. The highest BCUT2D eigenvalue weighted by Gasteiger charge is 1.98. The predicted octanol–water partition coefficient (Wildman–Crippen LogP) is 4.26. The van der Waals surface area contributed by atoms with Crippen molar-refractivity contribution in [2.75, 3.05) is 0 Å². The van der Waals surface area contributed by atoms with Crippen molar-refractivity contribution >= 4 is 0 Å². The van der Waals surface area contributed by atoms with Crippen molar-refractivity contribution in [1.29, 1.82) is 0 Å². The van der Waals surface area contributed by atoms with Gasteiger partial charge in [-0.05, 0) is 25.3 Å². The van der Waals surface area contributed by atoms with Crippen LogP contribution in [-0.4, -0.2) is 0 Å². The van der Waals surface area contributed by atoms with Gasteiger partial charge in [-0.3, -0.25) is 0 Å². The van der Waals surface area contributed by atoms with Crippen LogP contribution in [-0.2, 0) is 0 Å². The highest BCUT2D eigenvalue weighted by atomic mass is 14.0. The zero-order valence-electron chi connectivity index (χ0n) is 8.61. The fourth-order valence-corrected chi connectivity index (χ4v) is 1.14. The smallest absolute Gasteiger partial charge is 0.0279 e. The summed E-state index contributed by atoms with van der Waals surface area (Å²) in [7, 11) is 0. The lowest BCUT2D eigenvalue weighted by Gasteiger charge is -2.07. The van der Waals surface area contributed by atoms with Gasteiger partial charge in [-0.2, -0.15) is 0 Å². The quantitative estimate of drug-likeness (QED) is 0.533. The molecule has 0 aromatic heterocycles. The Hall–Kier alpha value is -0.780. The van der Waals surface area contributed by atoms with Crippen LogP contribution in [0.15, 0.2) is 36.0 Å². The van der Waals surface area contributed by atoms with Crippen molar-refractivity contribution in [2.24, 2.45) is 0 Å². The van der Waals surface area contributed by atoms with Crippen molar-refractivity contribution in [3.63, 3.8) is 0 Å². The van der Waals surface area contributed by atoms with Crippen molar-refractivity contribution < 1.29 is 0 Å². The second-order valence-corrected chi connectivity index (χ2v) is 3.22. The summed E-state index contributed by atoms with van der Waals surface area (Å²) in [6.45, 7) is 14.3. The molecule has 0 spiro atoms. The van der Waals surface area contributed by atoms with Gasteiger partial charge in [0.25, 0.3) is 0 Å². The molecular formula is C12H20. The number of hydrogen-bond donors (Lipinski definition) is 0. The van der Waals surface area contributed by atoms with Crippen molar-refractivity contribution in [1.82, 2.24) is 0 Å². The van der Waals surface area contributed by atoms with E-state index in [1.807, 2.05) is 6.92 Å². The van der Waals surface area contributed by atoms with E-state index in [0.29, 0.717) is 0 Å². The second kappa shape index (κ2) is 5.82. The van der Waals surface area contributed by atoms with E-state index < -0.39 is 0 Å². The molecule has 0 amide bonds. The van der Waals surface area contributed by atoms with E-state index in [2.05, 4.69) is 33.1 Å². The van der Waals surface area contributed by atoms with E-state index in [0.717, 1.165) is 18.4 Å². The van der Waals surface area contributed by atoms with E-state index in [4.69, 9.17) is 0 Å². The molecule has 0 heterocycles. The molecule has 0 N–H and O–H groups in total. The molecule has 0 rings (SSSR count). The van der Waals surface area contributed by atoms with Gasteiger partial charge < -0.3 is 0 Å². The van der Waals surface area contributed by atoms with Crippen molar-refractivity contribution in [2.45, 2.75) is 40.0 Å². The molecule has 0 unspecified atom stereocenters. The Morgan fingerprint density at radius 2 is 1.83 bits per heavy atom. The fourth-order valence-electron chi connectivity index (χ4n) is 1.14. The average Bonchev–Trinajstić information content (AvgIpc) is 2.01. The molecule has 0 heteroatoms. The van der Waals surface area contributed by atoms with Gasteiger partial charge in [-0.25, -0.2) is 0 Å². The van der Waals surface area contributed by atoms with E-state index >= 15 is 0 Å². The van der Waals surface area contributed by atoms with Gasteiger partial charge in [-0.15, -0.1) is 0 Å². The Bertz CT molecular complexity index is 194. The van der Waals surface area contributed by atoms with Crippen LogP contribution >= 0.6 is 0 Å². The Morgan fingerprint density at radius 3 is 2.17 bits per heavy atom. The van der Waals surface area contributed by atoms with Crippen LogP contribution in [0.2, 0.25) is 0 Å². The molecule has 0 aliphatic carbocycles. The average molecular weight is 164 g/mol. The van der Waals surface area contributed by atoms with Crippen LogP contribution < -0.4 is 0 Å². The van der Waals surface area contributed by atoms with Crippen LogP contribution in [0.4, 0.5) is 0 Å². The molecule has 0 aromatic carbocycles. The largest absolute Gasteiger partial charge is 0.0961 e. The van der Waals surface area contributed by atoms with E-state index in [-0.39, 0.29) is 0 Å². The molecule has 0 nitrogen and oxygen atoms in total. The fraction of sp³-hybridized carbons (Fsp3) is 0.500. The Labute approximate surface area is 76.7 Å². The zero-order chi connectivity index (χ0) is 9.56. The molecule has 0 fully saturated rings. The monoisotopic (exact) mass is 164 g/mol.